The van der Waals surface area contributed by atoms with Gasteiger partial charge in [-0.3, -0.25) is 19.9 Å². The quantitative estimate of drug-likeness (QED) is 0.0923. The second kappa shape index (κ2) is 14.8. The van der Waals surface area contributed by atoms with E-state index in [9.17, 15) is 14.7 Å². The molecule has 0 bridgehead atoms. The van der Waals surface area contributed by atoms with Crippen molar-refractivity contribution in [3.8, 4) is 0 Å². The lowest BCUT2D eigenvalue weighted by Gasteiger charge is -2.36. The number of aliphatic hydroxyl groups excluding tert-OH is 1. The van der Waals surface area contributed by atoms with Gasteiger partial charge in [-0.25, -0.2) is 10.5 Å². The maximum atomic E-state index is 12.1. The van der Waals surface area contributed by atoms with Crippen LogP contribution in [0.4, 0.5) is 0 Å². The van der Waals surface area contributed by atoms with Crippen molar-refractivity contribution in [2.24, 2.45) is 0 Å². The van der Waals surface area contributed by atoms with Crippen LogP contribution < -0.4 is 10.8 Å². The summed E-state index contributed by atoms with van der Waals surface area (Å²) in [6, 6.07) is 15.5. The van der Waals surface area contributed by atoms with E-state index in [1.807, 2.05) is 48.5 Å². The van der Waals surface area contributed by atoms with Crippen LogP contribution in [0.3, 0.4) is 0 Å². The number of hydrogen-bond donors (Lipinski definition) is 5. The molecule has 0 saturated carbocycles. The molecule has 1 aromatic heterocycles. The molecule has 1 aliphatic heterocycles. The summed E-state index contributed by atoms with van der Waals surface area (Å²) in [5.74, 6) is 0.131. The van der Waals surface area contributed by atoms with Gasteiger partial charge in [0.15, 0.2) is 11.4 Å². The number of carbonyl (C=O) groups excluding carboxylic acids is 2. The third-order valence-electron chi connectivity index (χ3n) is 6.34. The Kier molecular flexibility index (Phi) is 10.9. The van der Waals surface area contributed by atoms with Crippen molar-refractivity contribution in [2.75, 3.05) is 5.75 Å². The highest BCUT2D eigenvalue weighted by atomic mass is 32.2. The summed E-state index contributed by atoms with van der Waals surface area (Å²) in [4.78, 5) is 27.3. The van der Waals surface area contributed by atoms with Crippen LogP contribution in [0.25, 0.3) is 0 Å². The molecule has 1 fully saturated rings. The molecule has 1 saturated heterocycles. The zero-order valence-corrected chi connectivity index (χ0v) is 22.2. The molecule has 208 valence electrons. The summed E-state index contributed by atoms with van der Waals surface area (Å²) in [7, 11) is 0. The first-order chi connectivity index (χ1) is 19.0. The van der Waals surface area contributed by atoms with Gasteiger partial charge >= 0.3 is 0 Å². The average Bonchev–Trinajstić information content (AvgIpc) is 3.51. The van der Waals surface area contributed by atoms with Crippen molar-refractivity contribution >= 4 is 23.6 Å². The highest BCUT2D eigenvalue weighted by Crippen LogP contribution is 2.39. The molecular weight excluding hydrogens is 522 g/mol. The van der Waals surface area contributed by atoms with Gasteiger partial charge in [0.05, 0.1) is 18.8 Å². The number of rotatable bonds is 13. The monoisotopic (exact) mass is 555 g/mol. The summed E-state index contributed by atoms with van der Waals surface area (Å²) in [5, 5.41) is 28.3. The Morgan fingerprint density at radius 1 is 0.974 bits per heavy atom. The van der Waals surface area contributed by atoms with E-state index in [0.29, 0.717) is 38.0 Å². The van der Waals surface area contributed by atoms with Crippen LogP contribution in [0.15, 0.2) is 60.0 Å². The van der Waals surface area contributed by atoms with Gasteiger partial charge in [-0.1, -0.05) is 60.3 Å². The summed E-state index contributed by atoms with van der Waals surface area (Å²) in [6.07, 6.45) is 2.90. The second-order valence-electron chi connectivity index (χ2n) is 9.21. The summed E-state index contributed by atoms with van der Waals surface area (Å²) in [6.45, 7) is 0.378. The molecule has 1 aliphatic rings. The van der Waals surface area contributed by atoms with Crippen LogP contribution in [-0.4, -0.2) is 49.2 Å². The number of thioether (sulfide) groups is 1. The van der Waals surface area contributed by atoms with Gasteiger partial charge < -0.3 is 19.9 Å². The van der Waals surface area contributed by atoms with E-state index >= 15 is 0 Å². The van der Waals surface area contributed by atoms with E-state index in [4.69, 9.17) is 14.7 Å². The Bertz CT molecular complexity index is 1180. The van der Waals surface area contributed by atoms with Crippen LogP contribution in [0.1, 0.15) is 66.8 Å². The van der Waals surface area contributed by atoms with Crippen molar-refractivity contribution in [3.63, 3.8) is 0 Å². The summed E-state index contributed by atoms with van der Waals surface area (Å²) in [5.41, 5.74) is 5.26. The van der Waals surface area contributed by atoms with Crippen LogP contribution in [0, 0.1) is 0 Å². The second-order valence-corrected chi connectivity index (χ2v) is 10.2. The van der Waals surface area contributed by atoms with E-state index < -0.39 is 12.2 Å². The molecule has 0 unspecified atom stereocenters. The van der Waals surface area contributed by atoms with Crippen LogP contribution >= 0.6 is 11.8 Å². The molecule has 11 nitrogen and oxygen atoms in total. The lowest BCUT2D eigenvalue weighted by molar-refractivity contribution is -0.245. The Morgan fingerprint density at radius 3 is 2.33 bits per heavy atom. The predicted octanol–water partition coefficient (Wildman–Crippen LogP) is 3.32. The summed E-state index contributed by atoms with van der Waals surface area (Å²) < 4.78 is 12.7. The van der Waals surface area contributed by atoms with E-state index in [1.165, 1.54) is 6.33 Å². The SMILES string of the molecule is O=C(CCCCC(=O)NCc1ccc([C@H]2O[C@@H](CSc3ncn[nH]3)C[C@@H](c3ccc(CO)cc3)O2)cc1)NO. The fourth-order valence-electron chi connectivity index (χ4n) is 4.17. The van der Waals surface area contributed by atoms with Crippen molar-refractivity contribution in [1.29, 1.82) is 0 Å². The first-order valence-electron chi connectivity index (χ1n) is 12.8. The van der Waals surface area contributed by atoms with E-state index in [0.717, 1.165) is 27.4 Å². The number of aliphatic hydroxyl groups is 1. The number of amides is 2. The Labute approximate surface area is 230 Å². The van der Waals surface area contributed by atoms with Gasteiger partial charge in [0.1, 0.15) is 6.33 Å². The first kappa shape index (κ1) is 28.7. The maximum Gasteiger partial charge on any atom is 0.243 e. The number of aromatic amines is 1. The molecule has 0 radical (unpaired) electrons. The smallest absolute Gasteiger partial charge is 0.243 e. The molecule has 0 spiro atoms. The third kappa shape index (κ3) is 8.87. The van der Waals surface area contributed by atoms with Gasteiger partial charge in [-0.2, -0.15) is 5.10 Å². The Morgan fingerprint density at radius 2 is 1.67 bits per heavy atom. The highest BCUT2D eigenvalue weighted by molar-refractivity contribution is 7.99. The topological polar surface area (TPSA) is 159 Å². The molecule has 4 rings (SSSR count). The number of nitrogens with zero attached hydrogens (tertiary/aromatic N) is 2. The lowest BCUT2D eigenvalue weighted by atomic mass is 10.0. The minimum absolute atomic E-state index is 0.00978. The molecule has 12 heteroatoms. The largest absolute Gasteiger partial charge is 0.392 e. The molecule has 0 aliphatic carbocycles. The van der Waals surface area contributed by atoms with Gasteiger partial charge in [0, 0.05) is 37.1 Å². The standard InChI is InChI=1S/C27H33N5O6S/c33-15-19-7-9-20(10-8-19)23-13-22(16-39-27-29-17-30-31-27)37-26(38-23)21-11-5-18(6-12-21)14-28-24(34)3-1-2-4-25(35)32-36/h5-12,17,22-23,26,33,36H,1-4,13-16H2,(H,28,34)(H,32,35)(H,29,30,31)/t22-,23+,26+/m1/s1. The number of H-pyrrole nitrogens is 1. The van der Waals surface area contributed by atoms with Crippen LogP contribution in [0.2, 0.25) is 0 Å². The van der Waals surface area contributed by atoms with Crippen molar-refractivity contribution < 1.29 is 29.4 Å². The minimum Gasteiger partial charge on any atom is -0.392 e. The average molecular weight is 556 g/mol. The zero-order chi connectivity index (χ0) is 27.5. The van der Waals surface area contributed by atoms with E-state index in [-0.39, 0.29) is 31.1 Å². The predicted molar refractivity (Wildman–Crippen MR) is 142 cm³/mol. The van der Waals surface area contributed by atoms with Crippen molar-refractivity contribution in [1.82, 2.24) is 26.0 Å². The number of carbonyl (C=O) groups is 2. The highest BCUT2D eigenvalue weighted by Gasteiger charge is 2.32. The fraction of sp³-hybridized carbons (Fsp3) is 0.407. The third-order valence-corrected chi connectivity index (χ3v) is 7.35. The molecule has 39 heavy (non-hydrogen) atoms. The molecule has 2 amide bonds. The van der Waals surface area contributed by atoms with Gasteiger partial charge in [0.2, 0.25) is 11.8 Å². The molecule has 2 aromatic carbocycles. The Balaban J connectivity index is 1.34. The molecule has 2 heterocycles. The van der Waals surface area contributed by atoms with Crippen LogP contribution in [-0.2, 0) is 32.2 Å². The minimum atomic E-state index is -0.568. The molecular formula is C27H33N5O6S. The molecule has 5 N–H and O–H groups in total. The summed E-state index contributed by atoms with van der Waals surface area (Å²) >= 11 is 1.54. The number of aromatic nitrogens is 3. The normalized spacial score (nSPS) is 19.0. The Hall–Kier alpha value is -3.29. The number of hydrogen-bond acceptors (Lipinski definition) is 9. The van der Waals surface area contributed by atoms with Gasteiger partial charge in [0.25, 0.3) is 0 Å². The maximum absolute atomic E-state index is 12.1. The molecule has 3 aromatic rings. The lowest BCUT2D eigenvalue weighted by Crippen LogP contribution is -2.31. The van der Waals surface area contributed by atoms with Crippen molar-refractivity contribution in [3.05, 3.63) is 77.1 Å². The number of ether oxygens (including phenoxy) is 2. The zero-order valence-electron chi connectivity index (χ0n) is 21.4. The fourth-order valence-corrected chi connectivity index (χ4v) is 4.96. The van der Waals surface area contributed by atoms with E-state index in [1.54, 1.807) is 17.2 Å². The van der Waals surface area contributed by atoms with Crippen molar-refractivity contribution in [2.45, 2.75) is 68.9 Å². The van der Waals surface area contributed by atoms with E-state index in [2.05, 4.69) is 20.5 Å². The number of nitrogens with one attached hydrogen (secondary N) is 3. The van der Waals surface area contributed by atoms with Gasteiger partial charge in [-0.15, -0.1) is 0 Å². The first-order valence-corrected chi connectivity index (χ1v) is 13.8. The van der Waals surface area contributed by atoms with Gasteiger partial charge in [-0.05, 0) is 29.5 Å². The number of benzene rings is 2. The number of unbranched alkanes of at least 4 members (excludes halogenated alkanes) is 1. The van der Waals surface area contributed by atoms with Crippen LogP contribution in [0.5, 0.6) is 0 Å². The molecule has 3 atom stereocenters. The number of hydroxylamine groups is 1.